The normalized spacial score (nSPS) is 9.84. The van der Waals surface area contributed by atoms with Crippen LogP contribution in [0.15, 0.2) is 16.5 Å². The van der Waals surface area contributed by atoms with Crippen molar-refractivity contribution in [3.63, 3.8) is 0 Å². The average Bonchev–Trinajstić information content (AvgIpc) is 2.82. The van der Waals surface area contributed by atoms with Crippen LogP contribution in [-0.2, 0) is 5.75 Å². The molecule has 0 aliphatic rings. The van der Waals surface area contributed by atoms with Gasteiger partial charge in [0.1, 0.15) is 23.0 Å². The Kier molecular flexibility index (Phi) is 4.00. The molecule has 19 heavy (non-hydrogen) atoms. The van der Waals surface area contributed by atoms with Crippen LogP contribution < -0.4 is 5.73 Å². The van der Waals surface area contributed by atoms with E-state index in [0.29, 0.717) is 16.3 Å². The molecule has 0 fully saturated rings. The van der Waals surface area contributed by atoms with Crippen molar-refractivity contribution in [2.75, 3.05) is 5.73 Å². The summed E-state index contributed by atoms with van der Waals surface area (Å²) >= 11 is 2.97. The van der Waals surface area contributed by atoms with Crippen molar-refractivity contribution in [1.82, 2.24) is 9.97 Å². The third kappa shape index (κ3) is 3.02. The maximum absolute atomic E-state index is 9.06. The summed E-state index contributed by atoms with van der Waals surface area (Å²) in [5, 5.41) is 21.4. The lowest BCUT2D eigenvalue weighted by Gasteiger charge is -2.04. The minimum Gasteiger partial charge on any atom is -0.383 e. The molecule has 0 saturated heterocycles. The van der Waals surface area contributed by atoms with Gasteiger partial charge in [-0.15, -0.1) is 11.3 Å². The van der Waals surface area contributed by atoms with E-state index in [1.807, 2.05) is 24.4 Å². The zero-order valence-electron chi connectivity index (χ0n) is 10.0. The second-order valence-electron chi connectivity index (χ2n) is 3.64. The Hall–Kier alpha value is -2.09. The Morgan fingerprint density at radius 3 is 2.63 bits per heavy atom. The summed E-state index contributed by atoms with van der Waals surface area (Å²) in [6, 6.07) is 5.42. The highest BCUT2D eigenvalue weighted by Crippen LogP contribution is 2.27. The summed E-state index contributed by atoms with van der Waals surface area (Å²) in [7, 11) is 0. The molecule has 0 amide bonds. The molecular weight excluding hydrogens is 278 g/mol. The van der Waals surface area contributed by atoms with Crippen LogP contribution >= 0.6 is 23.1 Å². The first kappa shape index (κ1) is 13.3. The van der Waals surface area contributed by atoms with Crippen molar-refractivity contribution in [2.24, 2.45) is 0 Å². The molecule has 2 aromatic heterocycles. The fourth-order valence-corrected chi connectivity index (χ4v) is 2.98. The first-order valence-electron chi connectivity index (χ1n) is 5.28. The van der Waals surface area contributed by atoms with E-state index in [2.05, 4.69) is 9.97 Å². The van der Waals surface area contributed by atoms with E-state index >= 15 is 0 Å². The fraction of sp³-hybridized carbons (Fsp3) is 0.167. The minimum absolute atomic E-state index is 0.151. The van der Waals surface area contributed by atoms with Gasteiger partial charge in [0.05, 0.1) is 21.8 Å². The molecule has 0 radical (unpaired) electrons. The Morgan fingerprint density at radius 1 is 1.32 bits per heavy atom. The lowest BCUT2D eigenvalue weighted by Crippen LogP contribution is -1.99. The van der Waals surface area contributed by atoms with Crippen molar-refractivity contribution in [2.45, 2.75) is 17.7 Å². The van der Waals surface area contributed by atoms with Gasteiger partial charge < -0.3 is 5.73 Å². The smallest absolute Gasteiger partial charge is 0.142 e. The molecule has 0 aliphatic heterocycles. The molecule has 2 aromatic rings. The second-order valence-corrected chi connectivity index (χ2v) is 5.67. The molecular formula is C12H9N5S2. The number of nitrogens with zero attached hydrogens (tertiary/aromatic N) is 4. The number of aryl methyl sites for hydroxylation is 1. The number of nitrogens with two attached hydrogens (primary N) is 1. The van der Waals surface area contributed by atoms with E-state index in [-0.39, 0.29) is 11.4 Å². The molecule has 2 rings (SSSR count). The number of hydrogen-bond donors (Lipinski definition) is 1. The Labute approximate surface area is 118 Å². The quantitative estimate of drug-likeness (QED) is 0.870. The maximum Gasteiger partial charge on any atom is 0.142 e. The predicted molar refractivity (Wildman–Crippen MR) is 74.5 cm³/mol. The van der Waals surface area contributed by atoms with Gasteiger partial charge in [-0.2, -0.15) is 10.5 Å². The van der Waals surface area contributed by atoms with Crippen molar-refractivity contribution in [3.8, 4) is 12.1 Å². The molecule has 0 atom stereocenters. The number of pyridine rings is 1. The van der Waals surface area contributed by atoms with Gasteiger partial charge >= 0.3 is 0 Å². The second kappa shape index (κ2) is 5.70. The first-order chi connectivity index (χ1) is 9.13. The first-order valence-corrected chi connectivity index (χ1v) is 7.15. The van der Waals surface area contributed by atoms with Crippen molar-refractivity contribution in [1.29, 1.82) is 10.5 Å². The molecule has 2 heterocycles. The van der Waals surface area contributed by atoms with Crippen LogP contribution in [0.1, 0.15) is 21.8 Å². The highest BCUT2D eigenvalue weighted by Gasteiger charge is 2.11. The van der Waals surface area contributed by atoms with E-state index in [4.69, 9.17) is 16.3 Å². The number of thioether (sulfide) groups is 1. The number of aromatic nitrogens is 2. The molecule has 94 valence electrons. The lowest BCUT2D eigenvalue weighted by atomic mass is 10.2. The molecule has 2 N–H and O–H groups in total. The number of nitrogen functional groups attached to an aromatic ring is 1. The standard InChI is InChI=1S/C12H9N5S2/c1-7-16-10(5-18-7)6-19-12-9(4-14)2-8(3-13)11(15)17-12/h2,5H,6H2,1H3,(H2,15,17). The van der Waals surface area contributed by atoms with Crippen LogP contribution in [0.3, 0.4) is 0 Å². The number of nitriles is 2. The van der Waals surface area contributed by atoms with Crippen LogP contribution in [0, 0.1) is 29.6 Å². The highest BCUT2D eigenvalue weighted by molar-refractivity contribution is 7.98. The van der Waals surface area contributed by atoms with Crippen LogP contribution in [-0.4, -0.2) is 9.97 Å². The third-order valence-electron chi connectivity index (χ3n) is 2.28. The maximum atomic E-state index is 9.06. The average molecular weight is 287 g/mol. The summed E-state index contributed by atoms with van der Waals surface area (Å²) in [5.74, 6) is 0.774. The molecule has 0 aromatic carbocycles. The van der Waals surface area contributed by atoms with E-state index in [0.717, 1.165) is 10.7 Å². The van der Waals surface area contributed by atoms with E-state index in [1.54, 1.807) is 11.3 Å². The molecule has 7 heteroatoms. The number of thiazole rings is 1. The highest BCUT2D eigenvalue weighted by atomic mass is 32.2. The van der Waals surface area contributed by atoms with Gasteiger partial charge in [-0.05, 0) is 13.0 Å². The topological polar surface area (TPSA) is 99.4 Å². The Bertz CT molecular complexity index is 693. The number of anilines is 1. The zero-order chi connectivity index (χ0) is 13.8. The summed E-state index contributed by atoms with van der Waals surface area (Å²) < 4.78 is 0. The Morgan fingerprint density at radius 2 is 2.05 bits per heavy atom. The van der Waals surface area contributed by atoms with Gasteiger partial charge in [0.25, 0.3) is 0 Å². The zero-order valence-corrected chi connectivity index (χ0v) is 11.7. The summed E-state index contributed by atoms with van der Waals surface area (Å²) in [4.78, 5) is 8.45. The molecule has 0 bridgehead atoms. The Balaban J connectivity index is 2.23. The summed E-state index contributed by atoms with van der Waals surface area (Å²) in [6.07, 6.45) is 0. The minimum atomic E-state index is 0.151. The number of rotatable bonds is 3. The van der Waals surface area contributed by atoms with Crippen molar-refractivity contribution >= 4 is 28.9 Å². The van der Waals surface area contributed by atoms with Crippen LogP contribution in [0.2, 0.25) is 0 Å². The van der Waals surface area contributed by atoms with Crippen LogP contribution in [0.25, 0.3) is 0 Å². The molecule has 0 saturated carbocycles. The van der Waals surface area contributed by atoms with Gasteiger partial charge in [-0.3, -0.25) is 0 Å². The van der Waals surface area contributed by atoms with Crippen LogP contribution in [0.5, 0.6) is 0 Å². The molecule has 0 spiro atoms. The van der Waals surface area contributed by atoms with Crippen molar-refractivity contribution in [3.05, 3.63) is 33.3 Å². The predicted octanol–water partition coefficient (Wildman–Crippen LogP) is 2.46. The largest absolute Gasteiger partial charge is 0.383 e. The fourth-order valence-electron chi connectivity index (χ4n) is 1.41. The van der Waals surface area contributed by atoms with E-state index in [9.17, 15) is 0 Å². The lowest BCUT2D eigenvalue weighted by molar-refractivity contribution is 1.10. The molecule has 0 aliphatic carbocycles. The molecule has 5 nitrogen and oxygen atoms in total. The van der Waals surface area contributed by atoms with Crippen LogP contribution in [0.4, 0.5) is 5.82 Å². The summed E-state index contributed by atoms with van der Waals surface area (Å²) in [6.45, 7) is 1.94. The monoisotopic (exact) mass is 287 g/mol. The van der Waals surface area contributed by atoms with E-state index < -0.39 is 0 Å². The van der Waals surface area contributed by atoms with Gasteiger partial charge in [0.2, 0.25) is 0 Å². The third-order valence-corrected chi connectivity index (χ3v) is 4.13. The van der Waals surface area contributed by atoms with Crippen molar-refractivity contribution < 1.29 is 0 Å². The summed E-state index contributed by atoms with van der Waals surface area (Å²) in [5.41, 5.74) is 7.19. The van der Waals surface area contributed by atoms with Gasteiger partial charge in [-0.25, -0.2) is 9.97 Å². The van der Waals surface area contributed by atoms with Gasteiger partial charge in [0, 0.05) is 11.1 Å². The van der Waals surface area contributed by atoms with E-state index in [1.165, 1.54) is 17.8 Å². The van der Waals surface area contributed by atoms with Gasteiger partial charge in [-0.1, -0.05) is 11.8 Å². The molecule has 0 unspecified atom stereocenters. The SMILES string of the molecule is Cc1nc(CSc2nc(N)c(C#N)cc2C#N)cs1. The van der Waals surface area contributed by atoms with Gasteiger partial charge in [0.15, 0.2) is 0 Å². The number of hydrogen-bond acceptors (Lipinski definition) is 7.